The number of nitrogens with zero attached hydrogens (tertiary/aromatic N) is 3. The molecule has 0 aliphatic heterocycles. The van der Waals surface area contributed by atoms with Crippen LogP contribution >= 0.6 is 11.6 Å². The molecule has 0 atom stereocenters. The molecule has 0 saturated heterocycles. The molecule has 0 aliphatic carbocycles. The Morgan fingerprint density at radius 2 is 2.27 bits per heavy atom. The van der Waals surface area contributed by atoms with E-state index in [1.807, 2.05) is 23.7 Å². The summed E-state index contributed by atoms with van der Waals surface area (Å²) in [7, 11) is 3.54. The van der Waals surface area contributed by atoms with Crippen LogP contribution in [-0.2, 0) is 13.6 Å². The lowest BCUT2D eigenvalue weighted by molar-refractivity contribution is -0.0745. The number of fused-ring (bicyclic) bond motifs is 1. The molecule has 0 unspecified atom stereocenters. The lowest BCUT2D eigenvalue weighted by atomic mass is 10.4. The quantitative estimate of drug-likeness (QED) is 0.796. The number of hydrogen-bond donors (Lipinski definition) is 1. The highest BCUT2D eigenvalue weighted by Gasteiger charge is 2.08. The van der Waals surface area contributed by atoms with Gasteiger partial charge in [0.1, 0.15) is 0 Å². The van der Waals surface area contributed by atoms with E-state index in [0.29, 0.717) is 11.6 Å². The van der Waals surface area contributed by atoms with Crippen molar-refractivity contribution in [1.82, 2.24) is 14.6 Å². The largest absolute Gasteiger partial charge is 0.345 e. The smallest absolute Gasteiger partial charge is 0.0885 e. The van der Waals surface area contributed by atoms with Crippen molar-refractivity contribution in [2.75, 3.05) is 7.05 Å². The first-order valence-electron chi connectivity index (χ1n) is 4.58. The van der Waals surface area contributed by atoms with Crippen molar-refractivity contribution in [3.8, 4) is 0 Å². The van der Waals surface area contributed by atoms with Gasteiger partial charge < -0.3 is 9.77 Å². The SMILES string of the molecule is CN(O)Cc1cc2ncc(Cl)cc2n1C. The summed E-state index contributed by atoms with van der Waals surface area (Å²) < 4.78 is 1.97. The molecule has 2 rings (SSSR count). The van der Waals surface area contributed by atoms with Crippen LogP contribution in [0.1, 0.15) is 5.69 Å². The second kappa shape index (κ2) is 3.81. The molecule has 0 fully saturated rings. The minimum absolute atomic E-state index is 0.463. The zero-order valence-corrected chi connectivity index (χ0v) is 9.36. The van der Waals surface area contributed by atoms with Crippen LogP contribution in [0.15, 0.2) is 18.3 Å². The van der Waals surface area contributed by atoms with Gasteiger partial charge in [0.2, 0.25) is 0 Å². The predicted molar refractivity (Wildman–Crippen MR) is 59.0 cm³/mol. The van der Waals surface area contributed by atoms with Gasteiger partial charge in [0.25, 0.3) is 0 Å². The maximum Gasteiger partial charge on any atom is 0.0885 e. The van der Waals surface area contributed by atoms with Gasteiger partial charge >= 0.3 is 0 Å². The van der Waals surface area contributed by atoms with E-state index in [2.05, 4.69) is 4.98 Å². The molecule has 0 amide bonds. The van der Waals surface area contributed by atoms with Crippen molar-refractivity contribution in [3.63, 3.8) is 0 Å². The number of hydrogen-bond acceptors (Lipinski definition) is 3. The summed E-state index contributed by atoms with van der Waals surface area (Å²) in [6.07, 6.45) is 1.62. The second-order valence-electron chi connectivity index (χ2n) is 3.57. The molecule has 5 heteroatoms. The number of hydroxylamine groups is 2. The molecule has 0 bridgehead atoms. The third kappa shape index (κ3) is 1.97. The topological polar surface area (TPSA) is 41.3 Å². The monoisotopic (exact) mass is 225 g/mol. The van der Waals surface area contributed by atoms with E-state index in [-0.39, 0.29) is 0 Å². The second-order valence-corrected chi connectivity index (χ2v) is 4.00. The average Bonchev–Trinajstić information content (AvgIpc) is 2.44. The van der Waals surface area contributed by atoms with Gasteiger partial charge in [-0.3, -0.25) is 4.98 Å². The van der Waals surface area contributed by atoms with Gasteiger partial charge in [-0.25, -0.2) is 0 Å². The van der Waals surface area contributed by atoms with Crippen LogP contribution in [0.4, 0.5) is 0 Å². The Morgan fingerprint density at radius 1 is 1.53 bits per heavy atom. The van der Waals surface area contributed by atoms with E-state index in [1.165, 1.54) is 0 Å². The van der Waals surface area contributed by atoms with E-state index >= 15 is 0 Å². The summed E-state index contributed by atoms with van der Waals surface area (Å²) in [5.41, 5.74) is 2.85. The van der Waals surface area contributed by atoms with Gasteiger partial charge in [-0.2, -0.15) is 5.06 Å². The molecule has 15 heavy (non-hydrogen) atoms. The number of halogens is 1. The van der Waals surface area contributed by atoms with Crippen LogP contribution in [-0.4, -0.2) is 26.9 Å². The number of rotatable bonds is 2. The molecular formula is C10H12ClN3O. The highest BCUT2D eigenvalue weighted by Crippen LogP contribution is 2.20. The molecule has 0 spiro atoms. The standard InChI is InChI=1S/C10H12ClN3O/c1-13(15)6-8-4-9-10(14(8)2)3-7(11)5-12-9/h3-5,15H,6H2,1-2H3. The maximum absolute atomic E-state index is 9.18. The molecular weight excluding hydrogens is 214 g/mol. The van der Waals surface area contributed by atoms with Gasteiger partial charge in [-0.1, -0.05) is 11.6 Å². The summed E-state index contributed by atoms with van der Waals surface area (Å²) in [6.45, 7) is 0.463. The van der Waals surface area contributed by atoms with E-state index in [4.69, 9.17) is 11.6 Å². The molecule has 0 saturated carbocycles. The Morgan fingerprint density at radius 3 is 2.93 bits per heavy atom. The maximum atomic E-state index is 9.18. The fraction of sp³-hybridized carbons (Fsp3) is 0.300. The Balaban J connectivity index is 2.54. The highest BCUT2D eigenvalue weighted by molar-refractivity contribution is 6.31. The normalized spacial score (nSPS) is 11.5. The molecule has 1 N–H and O–H groups in total. The molecule has 2 heterocycles. The van der Waals surface area contributed by atoms with Crippen LogP contribution in [0.25, 0.3) is 11.0 Å². The van der Waals surface area contributed by atoms with Crippen LogP contribution in [0.5, 0.6) is 0 Å². The summed E-state index contributed by atoms with van der Waals surface area (Å²) >= 11 is 5.87. The zero-order valence-electron chi connectivity index (χ0n) is 8.61. The van der Waals surface area contributed by atoms with Crippen LogP contribution in [0.3, 0.4) is 0 Å². The molecule has 80 valence electrons. The van der Waals surface area contributed by atoms with Crippen LogP contribution in [0, 0.1) is 0 Å². The minimum atomic E-state index is 0.463. The van der Waals surface area contributed by atoms with E-state index < -0.39 is 0 Å². The molecule has 2 aromatic rings. The minimum Gasteiger partial charge on any atom is -0.345 e. The van der Waals surface area contributed by atoms with Gasteiger partial charge in [-0.15, -0.1) is 0 Å². The summed E-state index contributed by atoms with van der Waals surface area (Å²) in [5.74, 6) is 0. The van der Waals surface area contributed by atoms with Crippen LogP contribution in [0.2, 0.25) is 5.02 Å². The Bertz CT molecular complexity index is 493. The van der Waals surface area contributed by atoms with Crippen molar-refractivity contribution >= 4 is 22.6 Å². The lowest BCUT2D eigenvalue weighted by Gasteiger charge is -2.08. The third-order valence-corrected chi connectivity index (χ3v) is 2.56. The average molecular weight is 226 g/mol. The van der Waals surface area contributed by atoms with Gasteiger partial charge in [0.05, 0.1) is 22.6 Å². The molecule has 0 radical (unpaired) electrons. The molecule has 4 nitrogen and oxygen atoms in total. The van der Waals surface area contributed by atoms with Gasteiger partial charge in [0, 0.05) is 26.0 Å². The van der Waals surface area contributed by atoms with E-state index in [1.54, 1.807) is 13.2 Å². The number of pyridine rings is 1. The summed E-state index contributed by atoms with van der Waals surface area (Å²) in [4.78, 5) is 4.22. The van der Waals surface area contributed by atoms with Gasteiger partial charge in [0.15, 0.2) is 0 Å². The Hall–Kier alpha value is -1.10. The van der Waals surface area contributed by atoms with Crippen molar-refractivity contribution in [2.24, 2.45) is 7.05 Å². The van der Waals surface area contributed by atoms with Crippen molar-refractivity contribution in [2.45, 2.75) is 6.54 Å². The van der Waals surface area contributed by atoms with Gasteiger partial charge in [-0.05, 0) is 12.1 Å². The fourth-order valence-corrected chi connectivity index (χ4v) is 1.77. The first-order valence-corrected chi connectivity index (χ1v) is 4.95. The Kier molecular flexibility index (Phi) is 2.65. The van der Waals surface area contributed by atoms with Crippen LogP contribution < -0.4 is 0 Å². The lowest BCUT2D eigenvalue weighted by Crippen LogP contribution is -2.13. The highest BCUT2D eigenvalue weighted by atomic mass is 35.5. The Labute approximate surface area is 92.7 Å². The molecule has 0 aliphatic rings. The van der Waals surface area contributed by atoms with Crippen molar-refractivity contribution < 1.29 is 5.21 Å². The summed E-state index contributed by atoms with van der Waals surface area (Å²) in [5, 5.41) is 10.9. The van der Waals surface area contributed by atoms with Crippen molar-refractivity contribution in [1.29, 1.82) is 0 Å². The van der Waals surface area contributed by atoms with Crippen molar-refractivity contribution in [3.05, 3.63) is 29.0 Å². The summed E-state index contributed by atoms with van der Waals surface area (Å²) in [6, 6.07) is 3.81. The first-order chi connectivity index (χ1) is 7.08. The molecule has 2 aromatic heterocycles. The third-order valence-electron chi connectivity index (χ3n) is 2.35. The predicted octanol–water partition coefficient (Wildman–Crippen LogP) is 2.05. The zero-order chi connectivity index (χ0) is 11.0. The first kappa shape index (κ1) is 10.4. The van der Waals surface area contributed by atoms with E-state index in [9.17, 15) is 5.21 Å². The van der Waals surface area contributed by atoms with E-state index in [0.717, 1.165) is 21.8 Å². The number of aromatic nitrogens is 2. The number of aryl methyl sites for hydroxylation is 1. The fourth-order valence-electron chi connectivity index (χ4n) is 1.61. The molecule has 0 aromatic carbocycles.